The molecule has 1 rings (SSSR count). The number of hydrogen-bond acceptors (Lipinski definition) is 2. The molecule has 1 heterocycles. The van der Waals surface area contributed by atoms with Gasteiger partial charge >= 0.3 is 0 Å². The molecular formula is C16H30O2. The second-order valence-corrected chi connectivity index (χ2v) is 5.37. The SMILES string of the molecule is CC=CCOC[C@@H]1COC[C@@H]1CCCCCCC. The summed E-state index contributed by atoms with van der Waals surface area (Å²) in [7, 11) is 0. The van der Waals surface area contributed by atoms with Crippen molar-refractivity contribution in [1.29, 1.82) is 0 Å². The van der Waals surface area contributed by atoms with Gasteiger partial charge in [0.15, 0.2) is 0 Å². The molecule has 106 valence electrons. The zero-order valence-electron chi connectivity index (χ0n) is 12.2. The third kappa shape index (κ3) is 6.55. The Kier molecular flexibility index (Phi) is 9.23. The van der Waals surface area contributed by atoms with E-state index in [0.29, 0.717) is 5.92 Å². The molecule has 18 heavy (non-hydrogen) atoms. The minimum absolute atomic E-state index is 0.626. The molecule has 1 aliphatic rings. The Morgan fingerprint density at radius 3 is 2.67 bits per heavy atom. The molecule has 0 radical (unpaired) electrons. The Morgan fingerprint density at radius 1 is 1.11 bits per heavy atom. The second kappa shape index (κ2) is 10.6. The molecule has 2 nitrogen and oxygen atoms in total. The van der Waals surface area contributed by atoms with E-state index < -0.39 is 0 Å². The molecule has 0 unspecified atom stereocenters. The van der Waals surface area contributed by atoms with Gasteiger partial charge in [-0.15, -0.1) is 0 Å². The van der Waals surface area contributed by atoms with Crippen molar-refractivity contribution in [2.45, 2.75) is 52.4 Å². The van der Waals surface area contributed by atoms with Gasteiger partial charge < -0.3 is 9.47 Å². The van der Waals surface area contributed by atoms with E-state index >= 15 is 0 Å². The largest absolute Gasteiger partial charge is 0.381 e. The van der Waals surface area contributed by atoms with Crippen LogP contribution in [-0.2, 0) is 9.47 Å². The van der Waals surface area contributed by atoms with Crippen LogP contribution in [0.2, 0.25) is 0 Å². The van der Waals surface area contributed by atoms with Crippen LogP contribution in [0.4, 0.5) is 0 Å². The van der Waals surface area contributed by atoms with Crippen molar-refractivity contribution in [3.05, 3.63) is 12.2 Å². The van der Waals surface area contributed by atoms with Gasteiger partial charge in [-0.25, -0.2) is 0 Å². The molecule has 0 aromatic carbocycles. The maximum atomic E-state index is 5.67. The van der Waals surface area contributed by atoms with Gasteiger partial charge in [-0.1, -0.05) is 51.2 Å². The van der Waals surface area contributed by atoms with Crippen molar-refractivity contribution in [2.75, 3.05) is 26.4 Å². The van der Waals surface area contributed by atoms with Crippen molar-refractivity contribution in [3.8, 4) is 0 Å². The van der Waals surface area contributed by atoms with Crippen LogP contribution in [0.1, 0.15) is 52.4 Å². The monoisotopic (exact) mass is 254 g/mol. The molecular weight excluding hydrogens is 224 g/mol. The van der Waals surface area contributed by atoms with Crippen molar-refractivity contribution in [3.63, 3.8) is 0 Å². The minimum atomic E-state index is 0.626. The van der Waals surface area contributed by atoms with Gasteiger partial charge in [-0.2, -0.15) is 0 Å². The fraction of sp³-hybridized carbons (Fsp3) is 0.875. The molecule has 2 atom stereocenters. The predicted molar refractivity (Wildman–Crippen MR) is 76.8 cm³/mol. The standard InChI is InChI=1S/C16H30O2/c1-3-5-7-8-9-10-15-12-18-14-16(15)13-17-11-6-4-2/h4,6,15-16H,3,5,7-14H2,1-2H3/t15-,16+/m0/s1. The first kappa shape index (κ1) is 15.7. The molecule has 0 saturated carbocycles. The van der Waals surface area contributed by atoms with Gasteiger partial charge in [-0.3, -0.25) is 0 Å². The summed E-state index contributed by atoms with van der Waals surface area (Å²) in [6, 6.07) is 0. The summed E-state index contributed by atoms with van der Waals surface area (Å²) in [6.07, 6.45) is 12.3. The van der Waals surface area contributed by atoms with E-state index in [2.05, 4.69) is 13.0 Å². The topological polar surface area (TPSA) is 18.5 Å². The van der Waals surface area contributed by atoms with Gasteiger partial charge in [0.1, 0.15) is 0 Å². The molecule has 0 aliphatic carbocycles. The molecule has 0 aromatic heterocycles. The third-order valence-electron chi connectivity index (χ3n) is 3.79. The molecule has 0 bridgehead atoms. The Labute approximate surface area is 113 Å². The van der Waals surface area contributed by atoms with Gasteiger partial charge in [0.05, 0.1) is 19.8 Å². The van der Waals surface area contributed by atoms with Gasteiger partial charge in [0, 0.05) is 12.5 Å². The Hall–Kier alpha value is -0.340. The normalized spacial score (nSPS) is 24.1. The number of ether oxygens (including phenoxy) is 2. The van der Waals surface area contributed by atoms with Crippen molar-refractivity contribution < 1.29 is 9.47 Å². The second-order valence-electron chi connectivity index (χ2n) is 5.37. The van der Waals surface area contributed by atoms with E-state index in [1.54, 1.807) is 0 Å². The number of unbranched alkanes of at least 4 members (excludes halogenated alkanes) is 4. The minimum Gasteiger partial charge on any atom is -0.381 e. The van der Waals surface area contributed by atoms with Crippen LogP contribution in [0.15, 0.2) is 12.2 Å². The lowest BCUT2D eigenvalue weighted by Gasteiger charge is -2.17. The average molecular weight is 254 g/mol. The Bertz CT molecular complexity index is 213. The number of allylic oxidation sites excluding steroid dienone is 1. The summed E-state index contributed by atoms with van der Waals surface area (Å²) in [5.41, 5.74) is 0. The van der Waals surface area contributed by atoms with Crippen LogP contribution in [0.5, 0.6) is 0 Å². The smallest absolute Gasteiger partial charge is 0.0647 e. The van der Waals surface area contributed by atoms with Crippen molar-refractivity contribution >= 4 is 0 Å². The van der Waals surface area contributed by atoms with Crippen LogP contribution in [0.3, 0.4) is 0 Å². The molecule has 1 fully saturated rings. The lowest BCUT2D eigenvalue weighted by atomic mass is 9.91. The maximum Gasteiger partial charge on any atom is 0.0647 e. The first-order valence-electron chi connectivity index (χ1n) is 7.65. The molecule has 0 amide bonds. The van der Waals surface area contributed by atoms with Crippen molar-refractivity contribution in [1.82, 2.24) is 0 Å². The van der Waals surface area contributed by atoms with E-state index in [-0.39, 0.29) is 0 Å². The first-order valence-corrected chi connectivity index (χ1v) is 7.65. The molecule has 1 saturated heterocycles. The lowest BCUT2D eigenvalue weighted by Crippen LogP contribution is -2.18. The van der Waals surface area contributed by atoms with Gasteiger partial charge in [-0.05, 0) is 19.3 Å². The third-order valence-corrected chi connectivity index (χ3v) is 3.79. The fourth-order valence-electron chi connectivity index (χ4n) is 2.54. The zero-order chi connectivity index (χ0) is 13.1. The molecule has 1 aliphatic heterocycles. The number of hydrogen-bond donors (Lipinski definition) is 0. The fourth-order valence-corrected chi connectivity index (χ4v) is 2.54. The van der Waals surface area contributed by atoms with Crippen LogP contribution >= 0.6 is 0 Å². The zero-order valence-corrected chi connectivity index (χ0v) is 12.2. The molecule has 0 N–H and O–H groups in total. The predicted octanol–water partition coefficient (Wildman–Crippen LogP) is 4.20. The van der Waals surface area contributed by atoms with E-state index in [4.69, 9.17) is 9.47 Å². The van der Waals surface area contributed by atoms with Crippen LogP contribution < -0.4 is 0 Å². The summed E-state index contributed by atoms with van der Waals surface area (Å²) in [4.78, 5) is 0. The quantitative estimate of drug-likeness (QED) is 0.429. The highest BCUT2D eigenvalue weighted by Gasteiger charge is 2.27. The Balaban J connectivity index is 2.07. The summed E-state index contributed by atoms with van der Waals surface area (Å²) >= 11 is 0. The average Bonchev–Trinajstić information content (AvgIpc) is 2.82. The molecule has 0 spiro atoms. The number of rotatable bonds is 10. The van der Waals surface area contributed by atoms with E-state index in [9.17, 15) is 0 Å². The molecule has 2 heteroatoms. The van der Waals surface area contributed by atoms with Crippen molar-refractivity contribution in [2.24, 2.45) is 11.8 Å². The van der Waals surface area contributed by atoms with Crippen LogP contribution in [0.25, 0.3) is 0 Å². The van der Waals surface area contributed by atoms with E-state index in [1.807, 2.05) is 13.0 Å². The summed E-state index contributed by atoms with van der Waals surface area (Å²) in [5, 5.41) is 0. The highest BCUT2D eigenvalue weighted by atomic mass is 16.5. The Morgan fingerprint density at radius 2 is 1.89 bits per heavy atom. The summed E-state index contributed by atoms with van der Waals surface area (Å²) < 4.78 is 11.3. The van der Waals surface area contributed by atoms with E-state index in [0.717, 1.165) is 32.3 Å². The maximum absolute atomic E-state index is 5.67. The van der Waals surface area contributed by atoms with E-state index in [1.165, 1.54) is 38.5 Å². The summed E-state index contributed by atoms with van der Waals surface area (Å²) in [6.45, 7) is 7.76. The molecule has 0 aromatic rings. The highest BCUT2D eigenvalue weighted by molar-refractivity contribution is 4.78. The first-order chi connectivity index (χ1) is 8.88. The van der Waals surface area contributed by atoms with Crippen LogP contribution in [-0.4, -0.2) is 26.4 Å². The van der Waals surface area contributed by atoms with Gasteiger partial charge in [0.25, 0.3) is 0 Å². The van der Waals surface area contributed by atoms with Crippen LogP contribution in [0, 0.1) is 11.8 Å². The summed E-state index contributed by atoms with van der Waals surface area (Å²) in [5.74, 6) is 1.36. The highest BCUT2D eigenvalue weighted by Crippen LogP contribution is 2.26. The lowest BCUT2D eigenvalue weighted by molar-refractivity contribution is 0.101. The van der Waals surface area contributed by atoms with Gasteiger partial charge in [0.2, 0.25) is 0 Å².